The maximum absolute atomic E-state index is 6.27. The van der Waals surface area contributed by atoms with Gasteiger partial charge in [0.25, 0.3) is 0 Å². The zero-order valence-electron chi connectivity index (χ0n) is 18.0. The van der Waals surface area contributed by atoms with E-state index in [1.54, 1.807) is 0 Å². The number of hydrogen-bond donors (Lipinski definition) is 0. The van der Waals surface area contributed by atoms with Crippen molar-refractivity contribution in [2.24, 2.45) is 22.7 Å². The van der Waals surface area contributed by atoms with E-state index >= 15 is 0 Å². The molecule has 3 unspecified atom stereocenters. The summed E-state index contributed by atoms with van der Waals surface area (Å²) in [5, 5.41) is 0. The molecule has 0 bridgehead atoms. The summed E-state index contributed by atoms with van der Waals surface area (Å²) in [6.45, 7) is 21.1. The third-order valence-electron chi connectivity index (χ3n) is 5.89. The van der Waals surface area contributed by atoms with E-state index in [-0.39, 0.29) is 5.60 Å². The van der Waals surface area contributed by atoms with Crippen molar-refractivity contribution in [1.82, 2.24) is 0 Å². The molecular weight excluding hydrogens is 296 g/mol. The molecule has 0 aromatic heterocycles. The van der Waals surface area contributed by atoms with E-state index in [1.165, 1.54) is 38.5 Å². The van der Waals surface area contributed by atoms with E-state index in [2.05, 4.69) is 62.3 Å². The van der Waals surface area contributed by atoms with Gasteiger partial charge in [0, 0.05) is 0 Å². The lowest BCUT2D eigenvalue weighted by Crippen LogP contribution is -2.41. The van der Waals surface area contributed by atoms with Gasteiger partial charge in [-0.1, -0.05) is 60.8 Å². The fourth-order valence-electron chi connectivity index (χ4n) is 3.93. The normalized spacial score (nSPS) is 24.9. The molecular formula is C22H44O2. The van der Waals surface area contributed by atoms with Crippen LogP contribution in [0.3, 0.4) is 0 Å². The Balaban J connectivity index is 2.83. The van der Waals surface area contributed by atoms with Crippen molar-refractivity contribution < 1.29 is 9.47 Å². The minimum Gasteiger partial charge on any atom is -0.352 e. The molecule has 0 saturated heterocycles. The van der Waals surface area contributed by atoms with Crippen LogP contribution in [0.2, 0.25) is 0 Å². The topological polar surface area (TPSA) is 18.5 Å². The van der Waals surface area contributed by atoms with Gasteiger partial charge in [-0.25, -0.2) is 0 Å². The summed E-state index contributed by atoms with van der Waals surface area (Å²) in [5.74, 6) is 1.36. The molecule has 0 N–H and O–H groups in total. The van der Waals surface area contributed by atoms with Crippen LogP contribution in [0.4, 0.5) is 0 Å². The Kier molecular flexibility index (Phi) is 7.81. The van der Waals surface area contributed by atoms with E-state index in [1.807, 2.05) is 0 Å². The average molecular weight is 341 g/mol. The van der Waals surface area contributed by atoms with Gasteiger partial charge < -0.3 is 9.47 Å². The lowest BCUT2D eigenvalue weighted by atomic mass is 9.62. The van der Waals surface area contributed by atoms with Crippen molar-refractivity contribution in [3.05, 3.63) is 0 Å². The minimum absolute atomic E-state index is 0.127. The monoisotopic (exact) mass is 340 g/mol. The Morgan fingerprint density at radius 3 is 2.00 bits per heavy atom. The van der Waals surface area contributed by atoms with Crippen molar-refractivity contribution in [3.8, 4) is 0 Å². The van der Waals surface area contributed by atoms with Crippen molar-refractivity contribution in [1.29, 1.82) is 0 Å². The molecule has 0 aliphatic heterocycles. The largest absolute Gasteiger partial charge is 0.352 e. The summed E-state index contributed by atoms with van der Waals surface area (Å²) < 4.78 is 12.1. The average Bonchev–Trinajstić information content (AvgIpc) is 2.43. The van der Waals surface area contributed by atoms with Crippen molar-refractivity contribution in [2.45, 2.75) is 113 Å². The Hall–Kier alpha value is -0.0800. The Morgan fingerprint density at radius 1 is 0.917 bits per heavy atom. The first-order valence-corrected chi connectivity index (χ1v) is 10.1. The SMILES string of the molecule is CCC(C)(C)CC(C1CCCCC1OCOC(C)(C)C)C(C)(C)C. The van der Waals surface area contributed by atoms with E-state index in [4.69, 9.17) is 9.47 Å². The van der Waals surface area contributed by atoms with Gasteiger partial charge in [-0.2, -0.15) is 0 Å². The molecule has 2 heteroatoms. The zero-order valence-corrected chi connectivity index (χ0v) is 18.0. The fraction of sp³-hybridized carbons (Fsp3) is 1.00. The van der Waals surface area contributed by atoms with E-state index in [0.29, 0.717) is 35.6 Å². The van der Waals surface area contributed by atoms with Crippen molar-refractivity contribution in [3.63, 3.8) is 0 Å². The highest BCUT2D eigenvalue weighted by Crippen LogP contribution is 2.47. The molecule has 2 nitrogen and oxygen atoms in total. The Labute approximate surface area is 152 Å². The first-order chi connectivity index (χ1) is 10.9. The second kappa shape index (κ2) is 8.54. The number of ether oxygens (including phenoxy) is 2. The summed E-state index contributed by atoms with van der Waals surface area (Å²) >= 11 is 0. The second-order valence-electron chi connectivity index (χ2n) is 10.7. The van der Waals surface area contributed by atoms with Crippen molar-refractivity contribution >= 4 is 0 Å². The quantitative estimate of drug-likeness (QED) is 0.473. The minimum atomic E-state index is -0.127. The van der Waals surface area contributed by atoms with Crippen molar-refractivity contribution in [2.75, 3.05) is 6.79 Å². The molecule has 0 amide bonds. The van der Waals surface area contributed by atoms with Gasteiger partial charge in [0.2, 0.25) is 0 Å². The first kappa shape index (κ1) is 22.0. The molecule has 1 rings (SSSR count). The van der Waals surface area contributed by atoms with E-state index in [9.17, 15) is 0 Å². The third kappa shape index (κ3) is 7.44. The van der Waals surface area contributed by atoms with Gasteiger partial charge >= 0.3 is 0 Å². The first-order valence-electron chi connectivity index (χ1n) is 10.1. The van der Waals surface area contributed by atoms with Crippen LogP contribution in [-0.2, 0) is 9.47 Å². The van der Waals surface area contributed by atoms with Gasteiger partial charge in [0.05, 0.1) is 11.7 Å². The van der Waals surface area contributed by atoms with Crippen LogP contribution in [0.5, 0.6) is 0 Å². The second-order valence-corrected chi connectivity index (χ2v) is 10.7. The highest BCUT2D eigenvalue weighted by Gasteiger charge is 2.41. The molecule has 1 aliphatic carbocycles. The molecule has 1 fully saturated rings. The number of rotatable bonds is 7. The molecule has 24 heavy (non-hydrogen) atoms. The van der Waals surface area contributed by atoms with Gasteiger partial charge in [-0.05, 0) is 62.7 Å². The van der Waals surface area contributed by atoms with Gasteiger partial charge in [0.15, 0.2) is 0 Å². The molecule has 0 aromatic rings. The lowest BCUT2D eigenvalue weighted by molar-refractivity contribution is -0.170. The predicted octanol–water partition coefficient (Wildman–Crippen LogP) is 6.82. The summed E-state index contributed by atoms with van der Waals surface area (Å²) in [4.78, 5) is 0. The highest BCUT2D eigenvalue weighted by atomic mass is 16.7. The zero-order chi connectivity index (χ0) is 18.6. The molecule has 0 aromatic carbocycles. The standard InChI is InChI=1S/C22H44O2/c1-10-22(8,9)15-18(20(2,3)4)17-13-11-12-14-19(17)23-16-24-21(5,6)7/h17-19H,10-16H2,1-9H3. The summed E-state index contributed by atoms with van der Waals surface area (Å²) in [7, 11) is 0. The Morgan fingerprint density at radius 2 is 1.50 bits per heavy atom. The van der Waals surface area contributed by atoms with Gasteiger partial charge in [0.1, 0.15) is 6.79 Å². The summed E-state index contributed by atoms with van der Waals surface area (Å²) in [6.07, 6.45) is 8.04. The molecule has 1 aliphatic rings. The van der Waals surface area contributed by atoms with Gasteiger partial charge in [-0.15, -0.1) is 0 Å². The Bertz CT molecular complexity index is 359. The molecule has 144 valence electrons. The van der Waals surface area contributed by atoms with Crippen LogP contribution in [0.1, 0.15) is 101 Å². The molecule has 3 atom stereocenters. The van der Waals surface area contributed by atoms with E-state index in [0.717, 1.165) is 0 Å². The van der Waals surface area contributed by atoms with Crippen LogP contribution < -0.4 is 0 Å². The molecule has 1 saturated carbocycles. The fourth-order valence-corrected chi connectivity index (χ4v) is 3.93. The summed E-state index contributed by atoms with van der Waals surface area (Å²) in [6, 6.07) is 0. The maximum Gasteiger partial charge on any atom is 0.147 e. The highest BCUT2D eigenvalue weighted by molar-refractivity contribution is 4.90. The molecule has 0 spiro atoms. The van der Waals surface area contributed by atoms with Gasteiger partial charge in [-0.3, -0.25) is 0 Å². The predicted molar refractivity (Wildman–Crippen MR) is 104 cm³/mol. The smallest absolute Gasteiger partial charge is 0.147 e. The van der Waals surface area contributed by atoms with Crippen LogP contribution in [0.25, 0.3) is 0 Å². The van der Waals surface area contributed by atoms with Crippen LogP contribution in [0, 0.1) is 22.7 Å². The van der Waals surface area contributed by atoms with Crippen LogP contribution in [0.15, 0.2) is 0 Å². The lowest BCUT2D eigenvalue weighted by Gasteiger charge is -2.46. The van der Waals surface area contributed by atoms with E-state index < -0.39 is 0 Å². The number of hydrogen-bond acceptors (Lipinski definition) is 2. The summed E-state index contributed by atoms with van der Waals surface area (Å²) in [5.41, 5.74) is 0.598. The molecule has 0 heterocycles. The molecule has 0 radical (unpaired) electrons. The maximum atomic E-state index is 6.27. The third-order valence-corrected chi connectivity index (χ3v) is 5.89. The van der Waals surface area contributed by atoms with Crippen LogP contribution >= 0.6 is 0 Å². The van der Waals surface area contributed by atoms with Crippen LogP contribution in [-0.4, -0.2) is 18.5 Å².